The number of carbonyl (C=O) groups excluding carboxylic acids is 3. The molecule has 0 unspecified atom stereocenters. The zero-order chi connectivity index (χ0) is 23.2. The molecule has 2 aromatic rings. The minimum atomic E-state index is -0.303. The number of rotatable bonds is 7. The Kier molecular flexibility index (Phi) is 7.62. The summed E-state index contributed by atoms with van der Waals surface area (Å²) in [5.41, 5.74) is 2.49. The van der Waals surface area contributed by atoms with E-state index >= 15 is 0 Å². The smallest absolute Gasteiger partial charge is 0.251 e. The number of halogens is 1. The fourth-order valence-electron chi connectivity index (χ4n) is 4.34. The number of nitrogens with one attached hydrogen (secondary N) is 2. The molecule has 2 aromatic carbocycles. The van der Waals surface area contributed by atoms with Crippen LogP contribution in [0.25, 0.3) is 0 Å². The molecule has 0 aliphatic carbocycles. The van der Waals surface area contributed by atoms with E-state index in [0.29, 0.717) is 18.5 Å². The number of hydrogen-bond acceptors (Lipinski definition) is 4. The minimum absolute atomic E-state index is 0.0593. The Hall–Kier alpha value is -2.90. The van der Waals surface area contributed by atoms with Gasteiger partial charge < -0.3 is 15.5 Å². The molecule has 2 N–H and O–H groups in total. The van der Waals surface area contributed by atoms with Gasteiger partial charge >= 0.3 is 0 Å². The summed E-state index contributed by atoms with van der Waals surface area (Å²) in [6.45, 7) is 3.34. The summed E-state index contributed by atoms with van der Waals surface area (Å²) in [6, 6.07) is 14.9. The highest BCUT2D eigenvalue weighted by Crippen LogP contribution is 2.21. The molecular formula is C25H29ClN4O3. The molecule has 2 heterocycles. The van der Waals surface area contributed by atoms with E-state index in [2.05, 4.69) is 15.5 Å². The predicted molar refractivity (Wildman–Crippen MR) is 128 cm³/mol. The third kappa shape index (κ3) is 6.33. The number of anilines is 1. The molecule has 0 radical (unpaired) electrons. The van der Waals surface area contributed by atoms with Gasteiger partial charge in [0, 0.05) is 54.9 Å². The standard InChI is InChI=1S/C25H29ClN4O3/c26-20-7-3-18(4-8-20)17-29-14-11-21(12-15-29)28-23(31)16-27-25(33)19-5-9-22(10-6-19)30-13-1-2-24(30)32/h3-10,21H,1-2,11-17H2,(H,27,33)(H,28,31). The number of hydrogen-bond donors (Lipinski definition) is 2. The van der Waals surface area contributed by atoms with Gasteiger partial charge in [-0.1, -0.05) is 23.7 Å². The third-order valence-electron chi connectivity index (χ3n) is 6.20. The second-order valence-corrected chi connectivity index (χ2v) is 9.06. The lowest BCUT2D eigenvalue weighted by molar-refractivity contribution is -0.121. The molecule has 33 heavy (non-hydrogen) atoms. The van der Waals surface area contributed by atoms with Crippen LogP contribution in [0.2, 0.25) is 5.02 Å². The summed E-state index contributed by atoms with van der Waals surface area (Å²) in [7, 11) is 0. The summed E-state index contributed by atoms with van der Waals surface area (Å²) in [6.07, 6.45) is 3.18. The van der Waals surface area contributed by atoms with Gasteiger partial charge in [0.05, 0.1) is 6.54 Å². The zero-order valence-corrected chi connectivity index (χ0v) is 19.3. The topological polar surface area (TPSA) is 81.8 Å². The normalized spacial score (nSPS) is 17.2. The largest absolute Gasteiger partial charge is 0.352 e. The van der Waals surface area contributed by atoms with E-state index in [9.17, 15) is 14.4 Å². The van der Waals surface area contributed by atoms with Crippen molar-refractivity contribution in [3.63, 3.8) is 0 Å². The summed E-state index contributed by atoms with van der Waals surface area (Å²) in [5, 5.41) is 6.44. The third-order valence-corrected chi connectivity index (χ3v) is 6.45. The lowest BCUT2D eigenvalue weighted by atomic mass is 10.0. The van der Waals surface area contributed by atoms with E-state index in [0.717, 1.165) is 49.6 Å². The van der Waals surface area contributed by atoms with Gasteiger partial charge in [0.1, 0.15) is 0 Å². The van der Waals surface area contributed by atoms with Crippen LogP contribution >= 0.6 is 11.6 Å². The van der Waals surface area contributed by atoms with Crippen molar-refractivity contribution in [1.82, 2.24) is 15.5 Å². The first-order valence-corrected chi connectivity index (χ1v) is 11.8. The summed E-state index contributed by atoms with van der Waals surface area (Å²) < 4.78 is 0. The molecule has 8 heteroatoms. The second kappa shape index (κ2) is 10.8. The van der Waals surface area contributed by atoms with Crippen molar-refractivity contribution in [2.75, 3.05) is 31.1 Å². The fraction of sp³-hybridized carbons (Fsp3) is 0.400. The van der Waals surface area contributed by atoms with Gasteiger partial charge in [0.2, 0.25) is 11.8 Å². The van der Waals surface area contributed by atoms with Gasteiger partial charge in [-0.3, -0.25) is 19.3 Å². The van der Waals surface area contributed by atoms with Crippen molar-refractivity contribution < 1.29 is 14.4 Å². The van der Waals surface area contributed by atoms with Crippen LogP contribution < -0.4 is 15.5 Å². The van der Waals surface area contributed by atoms with E-state index < -0.39 is 0 Å². The molecular weight excluding hydrogens is 440 g/mol. The molecule has 2 fully saturated rings. The van der Waals surface area contributed by atoms with Crippen molar-refractivity contribution >= 4 is 35.0 Å². The minimum Gasteiger partial charge on any atom is -0.352 e. The Morgan fingerprint density at radius 1 is 0.970 bits per heavy atom. The fourth-order valence-corrected chi connectivity index (χ4v) is 4.46. The molecule has 0 spiro atoms. The molecule has 0 aromatic heterocycles. The zero-order valence-electron chi connectivity index (χ0n) is 18.6. The number of likely N-dealkylation sites (tertiary alicyclic amines) is 1. The lowest BCUT2D eigenvalue weighted by Gasteiger charge is -2.32. The van der Waals surface area contributed by atoms with E-state index in [4.69, 9.17) is 11.6 Å². The van der Waals surface area contributed by atoms with Crippen LogP contribution in [0.5, 0.6) is 0 Å². The van der Waals surface area contributed by atoms with Crippen LogP contribution in [0.4, 0.5) is 5.69 Å². The predicted octanol–water partition coefficient (Wildman–Crippen LogP) is 2.98. The monoisotopic (exact) mass is 468 g/mol. The second-order valence-electron chi connectivity index (χ2n) is 8.62. The van der Waals surface area contributed by atoms with Crippen molar-refractivity contribution in [1.29, 1.82) is 0 Å². The highest BCUT2D eigenvalue weighted by molar-refractivity contribution is 6.30. The number of carbonyl (C=O) groups is 3. The van der Waals surface area contributed by atoms with Gasteiger partial charge in [0.15, 0.2) is 0 Å². The molecule has 0 bridgehead atoms. The average molecular weight is 469 g/mol. The summed E-state index contributed by atoms with van der Waals surface area (Å²) in [4.78, 5) is 40.6. The van der Waals surface area contributed by atoms with E-state index in [1.165, 1.54) is 5.56 Å². The highest BCUT2D eigenvalue weighted by Gasteiger charge is 2.22. The molecule has 3 amide bonds. The van der Waals surface area contributed by atoms with Gasteiger partial charge in [-0.05, 0) is 61.2 Å². The molecule has 7 nitrogen and oxygen atoms in total. The van der Waals surface area contributed by atoms with Crippen LogP contribution in [0.15, 0.2) is 48.5 Å². The Morgan fingerprint density at radius 2 is 1.67 bits per heavy atom. The van der Waals surface area contributed by atoms with Crippen molar-refractivity contribution in [3.8, 4) is 0 Å². The van der Waals surface area contributed by atoms with E-state index in [1.807, 2.05) is 24.3 Å². The first-order valence-electron chi connectivity index (χ1n) is 11.4. The highest BCUT2D eigenvalue weighted by atomic mass is 35.5. The first kappa shape index (κ1) is 23.3. The van der Waals surface area contributed by atoms with Gasteiger partial charge in [-0.2, -0.15) is 0 Å². The van der Waals surface area contributed by atoms with Gasteiger partial charge in [-0.25, -0.2) is 0 Å². The Balaban J connectivity index is 1.17. The maximum absolute atomic E-state index is 12.4. The van der Waals surface area contributed by atoms with E-state index in [1.54, 1.807) is 29.2 Å². The van der Waals surface area contributed by atoms with Crippen LogP contribution in [-0.4, -0.2) is 54.8 Å². The SMILES string of the molecule is O=C(CNC(=O)c1ccc(N2CCCC2=O)cc1)NC1CCN(Cc2ccc(Cl)cc2)CC1. The van der Waals surface area contributed by atoms with Crippen LogP contribution in [0, 0.1) is 0 Å². The molecule has 0 atom stereocenters. The van der Waals surface area contributed by atoms with Crippen LogP contribution in [0.1, 0.15) is 41.6 Å². The Labute approximate surface area is 199 Å². The Morgan fingerprint density at radius 3 is 2.30 bits per heavy atom. The lowest BCUT2D eigenvalue weighted by Crippen LogP contribution is -2.47. The number of benzene rings is 2. The molecule has 2 aliphatic rings. The maximum atomic E-state index is 12.4. The van der Waals surface area contributed by atoms with Crippen LogP contribution in [0.3, 0.4) is 0 Å². The first-order chi connectivity index (χ1) is 16.0. The molecule has 4 rings (SSSR count). The number of amides is 3. The molecule has 2 saturated heterocycles. The van der Waals surface area contributed by atoms with Gasteiger partial charge in [0.25, 0.3) is 5.91 Å². The Bertz CT molecular complexity index is 986. The quantitative estimate of drug-likeness (QED) is 0.654. The van der Waals surface area contributed by atoms with Crippen LogP contribution in [-0.2, 0) is 16.1 Å². The number of nitrogens with zero attached hydrogens (tertiary/aromatic N) is 2. The maximum Gasteiger partial charge on any atom is 0.251 e. The molecule has 0 saturated carbocycles. The molecule has 174 valence electrons. The average Bonchev–Trinajstić information content (AvgIpc) is 3.26. The van der Waals surface area contributed by atoms with Crippen molar-refractivity contribution in [2.45, 2.75) is 38.3 Å². The summed E-state index contributed by atoms with van der Waals surface area (Å²) in [5.74, 6) is -0.374. The van der Waals surface area contributed by atoms with Crippen molar-refractivity contribution in [2.24, 2.45) is 0 Å². The number of piperidine rings is 1. The van der Waals surface area contributed by atoms with Crippen molar-refractivity contribution in [3.05, 3.63) is 64.7 Å². The van der Waals surface area contributed by atoms with E-state index in [-0.39, 0.29) is 30.3 Å². The molecule has 2 aliphatic heterocycles. The van der Waals surface area contributed by atoms with Gasteiger partial charge in [-0.15, -0.1) is 0 Å². The summed E-state index contributed by atoms with van der Waals surface area (Å²) >= 11 is 5.94.